The molecular formula is C16H12N4O5S. The molecule has 4 rings (SSSR count). The lowest BCUT2D eigenvalue weighted by molar-refractivity contribution is -0.140. The van der Waals surface area contributed by atoms with Crippen molar-refractivity contribution in [3.05, 3.63) is 34.2 Å². The quantitative estimate of drug-likeness (QED) is 0.599. The molecule has 2 aliphatic heterocycles. The smallest absolute Gasteiger partial charge is 0.284 e. The van der Waals surface area contributed by atoms with Crippen LogP contribution in [0.15, 0.2) is 22.6 Å². The van der Waals surface area contributed by atoms with Crippen LogP contribution in [0.1, 0.15) is 40.5 Å². The molecule has 132 valence electrons. The number of benzene rings is 1. The van der Waals surface area contributed by atoms with E-state index in [1.165, 1.54) is 19.1 Å². The Bertz CT molecular complexity index is 1050. The van der Waals surface area contributed by atoms with Gasteiger partial charge in [0.2, 0.25) is 11.8 Å². The van der Waals surface area contributed by atoms with Gasteiger partial charge >= 0.3 is 0 Å². The first-order valence-corrected chi connectivity index (χ1v) is 8.15. The molecule has 1 saturated heterocycles. The van der Waals surface area contributed by atoms with E-state index in [1.54, 1.807) is 6.07 Å². The average molecular weight is 372 g/mol. The van der Waals surface area contributed by atoms with E-state index in [4.69, 9.17) is 16.6 Å². The zero-order valence-corrected chi connectivity index (χ0v) is 14.3. The largest absolute Gasteiger partial charge is 0.409 e. The monoisotopic (exact) mass is 372 g/mol. The highest BCUT2D eigenvalue weighted by Gasteiger charge is 2.52. The predicted molar refractivity (Wildman–Crippen MR) is 88.4 cm³/mol. The number of aromatic nitrogens is 2. The van der Waals surface area contributed by atoms with E-state index in [9.17, 15) is 19.2 Å². The van der Waals surface area contributed by atoms with Crippen LogP contribution in [0.3, 0.4) is 0 Å². The first kappa shape index (κ1) is 16.3. The van der Waals surface area contributed by atoms with Crippen molar-refractivity contribution < 1.29 is 23.6 Å². The number of fused-ring (bicyclic) bond motifs is 1. The number of nitrogens with one attached hydrogen (secondary N) is 2. The number of aromatic amines is 1. The number of H-pyrrole nitrogens is 1. The molecule has 3 heterocycles. The lowest BCUT2D eigenvalue weighted by Gasteiger charge is -2.38. The van der Waals surface area contributed by atoms with Crippen LogP contribution in [0.2, 0.25) is 0 Å². The Labute approximate surface area is 151 Å². The van der Waals surface area contributed by atoms with Crippen molar-refractivity contribution in [3.63, 3.8) is 0 Å². The highest BCUT2D eigenvalue weighted by molar-refractivity contribution is 7.71. The lowest BCUT2D eigenvalue weighted by atomic mass is 9.89. The number of hydrogen-bond donors (Lipinski definition) is 2. The van der Waals surface area contributed by atoms with Gasteiger partial charge in [-0.2, -0.15) is 0 Å². The van der Waals surface area contributed by atoms with Crippen LogP contribution in [0.5, 0.6) is 0 Å². The standard InChI is InChI=1S/C16H12N4O5S/c1-16(5-4-10(21)17-14(16)24)20-12(22)8-3-2-7(6-9(8)13(20)23)11-18-19-15(26)25-11/h2-3,6H,4-5H2,1H3,(H,19,26)(H,17,21,24). The maximum Gasteiger partial charge on any atom is 0.284 e. The van der Waals surface area contributed by atoms with E-state index in [1.807, 2.05) is 0 Å². The molecule has 0 bridgehead atoms. The molecule has 2 N–H and O–H groups in total. The van der Waals surface area contributed by atoms with Crippen molar-refractivity contribution in [1.29, 1.82) is 0 Å². The Morgan fingerprint density at radius 3 is 2.58 bits per heavy atom. The van der Waals surface area contributed by atoms with Gasteiger partial charge in [-0.3, -0.25) is 29.4 Å². The molecular weight excluding hydrogens is 360 g/mol. The average Bonchev–Trinajstić information content (AvgIpc) is 3.14. The molecule has 1 aromatic heterocycles. The van der Waals surface area contributed by atoms with Crippen molar-refractivity contribution in [3.8, 4) is 11.5 Å². The van der Waals surface area contributed by atoms with Gasteiger partial charge in [0.15, 0.2) is 0 Å². The number of carbonyl (C=O) groups excluding carboxylic acids is 4. The second-order valence-electron chi connectivity index (χ2n) is 6.28. The fourth-order valence-corrected chi connectivity index (χ4v) is 3.31. The second-order valence-corrected chi connectivity index (χ2v) is 6.65. The molecule has 1 fully saturated rings. The summed E-state index contributed by atoms with van der Waals surface area (Å²) in [5.74, 6) is -2.09. The van der Waals surface area contributed by atoms with Crippen molar-refractivity contribution >= 4 is 35.8 Å². The van der Waals surface area contributed by atoms with Gasteiger partial charge in [-0.25, -0.2) is 5.10 Å². The third kappa shape index (κ3) is 2.22. The van der Waals surface area contributed by atoms with E-state index in [0.717, 1.165) is 4.90 Å². The summed E-state index contributed by atoms with van der Waals surface area (Å²) in [4.78, 5) is 50.4. The van der Waals surface area contributed by atoms with E-state index < -0.39 is 29.2 Å². The summed E-state index contributed by atoms with van der Waals surface area (Å²) in [7, 11) is 0. The van der Waals surface area contributed by atoms with E-state index >= 15 is 0 Å². The number of hydrogen-bond acceptors (Lipinski definition) is 7. The van der Waals surface area contributed by atoms with Gasteiger partial charge in [0.05, 0.1) is 11.1 Å². The van der Waals surface area contributed by atoms with E-state index in [0.29, 0.717) is 5.56 Å². The van der Waals surface area contributed by atoms with Gasteiger partial charge in [-0.15, -0.1) is 5.10 Å². The summed E-state index contributed by atoms with van der Waals surface area (Å²) in [6, 6.07) is 4.53. The molecule has 2 aliphatic rings. The molecule has 26 heavy (non-hydrogen) atoms. The molecule has 0 spiro atoms. The molecule has 1 atom stereocenters. The van der Waals surface area contributed by atoms with E-state index in [-0.39, 0.29) is 34.7 Å². The highest BCUT2D eigenvalue weighted by atomic mass is 32.1. The Balaban J connectivity index is 1.76. The summed E-state index contributed by atoms with van der Waals surface area (Å²) in [6.45, 7) is 1.48. The number of amides is 4. The zero-order valence-electron chi connectivity index (χ0n) is 13.5. The third-order valence-corrected chi connectivity index (χ3v) is 4.82. The minimum Gasteiger partial charge on any atom is -0.409 e. The molecule has 0 saturated carbocycles. The maximum atomic E-state index is 12.9. The molecule has 1 aromatic carbocycles. The molecule has 10 heteroatoms. The molecule has 0 radical (unpaired) electrons. The number of rotatable bonds is 2. The van der Waals surface area contributed by atoms with Crippen LogP contribution in [-0.4, -0.2) is 44.3 Å². The fourth-order valence-electron chi connectivity index (χ4n) is 3.18. The third-order valence-electron chi connectivity index (χ3n) is 4.65. The van der Waals surface area contributed by atoms with Crippen molar-refractivity contribution in [1.82, 2.24) is 20.4 Å². The van der Waals surface area contributed by atoms with Gasteiger partial charge in [0, 0.05) is 12.0 Å². The molecule has 1 unspecified atom stereocenters. The van der Waals surface area contributed by atoms with Gasteiger partial charge in [0.25, 0.3) is 22.6 Å². The number of imide groups is 2. The summed E-state index contributed by atoms with van der Waals surface area (Å²) in [5, 5.41) is 8.56. The zero-order chi connectivity index (χ0) is 18.6. The van der Waals surface area contributed by atoms with Gasteiger partial charge in [0.1, 0.15) is 5.54 Å². The Kier molecular flexibility index (Phi) is 3.41. The summed E-state index contributed by atoms with van der Waals surface area (Å²) < 4.78 is 5.22. The normalized spacial score (nSPS) is 22.6. The summed E-state index contributed by atoms with van der Waals surface area (Å²) in [6.07, 6.45) is 0.124. The molecule has 9 nitrogen and oxygen atoms in total. The first-order chi connectivity index (χ1) is 12.3. The SMILES string of the molecule is CC1(N2C(=O)c3ccc(-c4n[nH]c(=S)o4)cc3C2=O)CCC(=O)NC1=O. The molecule has 0 aliphatic carbocycles. The van der Waals surface area contributed by atoms with Crippen LogP contribution in [-0.2, 0) is 9.59 Å². The minimum absolute atomic E-state index is 0.0503. The maximum absolute atomic E-state index is 12.9. The molecule has 2 aromatic rings. The summed E-state index contributed by atoms with van der Waals surface area (Å²) in [5.41, 5.74) is -0.639. The van der Waals surface area contributed by atoms with Crippen LogP contribution in [0, 0.1) is 4.84 Å². The van der Waals surface area contributed by atoms with Crippen molar-refractivity contribution in [2.75, 3.05) is 0 Å². The molecule has 4 amide bonds. The second kappa shape index (κ2) is 5.43. The van der Waals surface area contributed by atoms with E-state index in [2.05, 4.69) is 15.5 Å². The highest BCUT2D eigenvalue weighted by Crippen LogP contribution is 2.35. The Morgan fingerprint density at radius 2 is 1.92 bits per heavy atom. The van der Waals surface area contributed by atoms with Crippen LogP contribution in [0.4, 0.5) is 0 Å². The van der Waals surface area contributed by atoms with Crippen LogP contribution in [0.25, 0.3) is 11.5 Å². The predicted octanol–water partition coefficient (Wildman–Crippen LogP) is 1.19. The fraction of sp³-hybridized carbons (Fsp3) is 0.250. The van der Waals surface area contributed by atoms with Crippen molar-refractivity contribution in [2.24, 2.45) is 0 Å². The lowest BCUT2D eigenvalue weighted by Crippen LogP contribution is -2.62. The Morgan fingerprint density at radius 1 is 1.19 bits per heavy atom. The topological polar surface area (TPSA) is 125 Å². The Hall–Kier alpha value is -3.14. The van der Waals surface area contributed by atoms with Crippen molar-refractivity contribution in [2.45, 2.75) is 25.3 Å². The number of nitrogens with zero attached hydrogens (tertiary/aromatic N) is 2. The number of piperidine rings is 1. The van der Waals surface area contributed by atoms with Gasteiger partial charge in [-0.1, -0.05) is 0 Å². The van der Waals surface area contributed by atoms with Crippen LogP contribution < -0.4 is 5.32 Å². The van der Waals surface area contributed by atoms with Crippen LogP contribution >= 0.6 is 12.2 Å². The number of carbonyl (C=O) groups is 4. The van der Waals surface area contributed by atoms with Gasteiger partial charge < -0.3 is 4.42 Å². The first-order valence-electron chi connectivity index (χ1n) is 7.74. The van der Waals surface area contributed by atoms with Gasteiger partial charge in [-0.05, 0) is 43.8 Å². The minimum atomic E-state index is -1.42. The summed E-state index contributed by atoms with van der Waals surface area (Å²) >= 11 is 4.83.